The lowest BCUT2D eigenvalue weighted by Gasteiger charge is -2.06. The van der Waals surface area contributed by atoms with E-state index in [-0.39, 0.29) is 12.5 Å². The minimum Gasteiger partial charge on any atom is -0.386 e. The van der Waals surface area contributed by atoms with Crippen LogP contribution in [-0.4, -0.2) is 25.0 Å². The van der Waals surface area contributed by atoms with Crippen LogP contribution in [0.2, 0.25) is 10.0 Å². The van der Waals surface area contributed by atoms with Crippen LogP contribution < -0.4 is 5.32 Å². The summed E-state index contributed by atoms with van der Waals surface area (Å²) >= 11 is 13.5. The fraction of sp³-hybridized carbons (Fsp3) is 0.176. The van der Waals surface area contributed by atoms with E-state index in [9.17, 15) is 4.79 Å². The number of thioether (sulfide) groups is 1. The Kier molecular flexibility index (Phi) is 7.43. The number of amides is 1. The third kappa shape index (κ3) is 6.07. The number of hydrogen-bond donors (Lipinski definition) is 1. The Hall–Kier alpha value is -1.69. The van der Waals surface area contributed by atoms with Crippen LogP contribution >= 0.6 is 35.0 Å². The molecule has 24 heavy (non-hydrogen) atoms. The van der Waals surface area contributed by atoms with Gasteiger partial charge >= 0.3 is 0 Å². The molecule has 2 rings (SSSR count). The third-order valence-corrected chi connectivity index (χ3v) is 4.41. The van der Waals surface area contributed by atoms with E-state index in [0.29, 0.717) is 16.6 Å². The quantitative estimate of drug-likeness (QED) is 0.439. The zero-order valence-corrected chi connectivity index (χ0v) is 15.3. The van der Waals surface area contributed by atoms with Gasteiger partial charge in [0.15, 0.2) is 6.61 Å². The summed E-state index contributed by atoms with van der Waals surface area (Å²) in [7, 11) is 0. The highest BCUT2D eigenvalue weighted by atomic mass is 35.5. The Morgan fingerprint density at radius 2 is 2.00 bits per heavy atom. The lowest BCUT2D eigenvalue weighted by molar-refractivity contribution is -0.125. The summed E-state index contributed by atoms with van der Waals surface area (Å²) in [4.78, 5) is 17.9. The van der Waals surface area contributed by atoms with Gasteiger partial charge in [0.25, 0.3) is 5.91 Å². The van der Waals surface area contributed by atoms with E-state index in [1.807, 2.05) is 30.5 Å². The molecule has 0 saturated carbocycles. The maximum atomic E-state index is 11.7. The highest BCUT2D eigenvalue weighted by Gasteiger charge is 2.05. The fourth-order valence-electron chi connectivity index (χ4n) is 1.79. The van der Waals surface area contributed by atoms with Crippen LogP contribution in [0.25, 0.3) is 0 Å². The SMILES string of the molecule is CSc1ccc(/C=N\OCC(=O)NCc2ccc(Cl)cc2Cl)cc1. The lowest BCUT2D eigenvalue weighted by Crippen LogP contribution is -2.26. The molecule has 0 fully saturated rings. The van der Waals surface area contributed by atoms with Gasteiger partial charge in [-0.1, -0.05) is 46.6 Å². The van der Waals surface area contributed by atoms with Crippen LogP contribution in [0.1, 0.15) is 11.1 Å². The van der Waals surface area contributed by atoms with Crippen LogP contribution in [0, 0.1) is 0 Å². The predicted octanol–water partition coefficient (Wildman–Crippen LogP) is 4.38. The van der Waals surface area contributed by atoms with Gasteiger partial charge in [0.05, 0.1) is 6.21 Å². The smallest absolute Gasteiger partial charge is 0.261 e. The molecule has 0 radical (unpaired) electrons. The molecule has 126 valence electrons. The van der Waals surface area contributed by atoms with Gasteiger partial charge in [-0.05, 0) is 41.6 Å². The van der Waals surface area contributed by atoms with E-state index < -0.39 is 0 Å². The summed E-state index contributed by atoms with van der Waals surface area (Å²) in [6.07, 6.45) is 3.58. The fourth-order valence-corrected chi connectivity index (χ4v) is 2.68. The molecule has 0 spiro atoms. The van der Waals surface area contributed by atoms with Crippen molar-refractivity contribution < 1.29 is 9.63 Å². The Balaban J connectivity index is 1.73. The van der Waals surface area contributed by atoms with Crippen molar-refractivity contribution in [2.24, 2.45) is 5.16 Å². The third-order valence-electron chi connectivity index (χ3n) is 3.08. The van der Waals surface area contributed by atoms with Crippen molar-refractivity contribution in [1.29, 1.82) is 0 Å². The normalized spacial score (nSPS) is 10.8. The first kappa shape index (κ1) is 18.6. The molecular formula is C17H16Cl2N2O2S. The Labute approximate surface area is 155 Å². The largest absolute Gasteiger partial charge is 0.386 e. The molecule has 0 saturated heterocycles. The van der Waals surface area contributed by atoms with Gasteiger partial charge in [-0.15, -0.1) is 11.8 Å². The summed E-state index contributed by atoms with van der Waals surface area (Å²) in [5.41, 5.74) is 1.69. The van der Waals surface area contributed by atoms with Crippen molar-refractivity contribution in [2.75, 3.05) is 12.9 Å². The zero-order valence-electron chi connectivity index (χ0n) is 13.0. The Morgan fingerprint density at radius 3 is 2.67 bits per heavy atom. The average Bonchev–Trinajstić information content (AvgIpc) is 2.58. The van der Waals surface area contributed by atoms with Crippen molar-refractivity contribution >= 4 is 47.1 Å². The molecule has 2 aromatic rings. The second-order valence-corrected chi connectivity index (χ2v) is 6.52. The lowest BCUT2D eigenvalue weighted by atomic mass is 10.2. The van der Waals surface area contributed by atoms with Crippen LogP contribution in [-0.2, 0) is 16.2 Å². The number of oxime groups is 1. The van der Waals surface area contributed by atoms with Crippen LogP contribution in [0.5, 0.6) is 0 Å². The number of nitrogens with one attached hydrogen (secondary N) is 1. The molecule has 0 aromatic heterocycles. The first-order valence-corrected chi connectivity index (χ1v) is 9.06. The molecule has 0 bridgehead atoms. The van der Waals surface area contributed by atoms with Gasteiger partial charge in [-0.25, -0.2) is 0 Å². The van der Waals surface area contributed by atoms with Gasteiger partial charge < -0.3 is 10.2 Å². The Morgan fingerprint density at radius 1 is 1.25 bits per heavy atom. The maximum Gasteiger partial charge on any atom is 0.261 e. The van der Waals surface area contributed by atoms with E-state index in [2.05, 4.69) is 10.5 Å². The number of carbonyl (C=O) groups is 1. The second-order valence-electron chi connectivity index (χ2n) is 4.79. The van der Waals surface area contributed by atoms with Crippen LogP contribution in [0.4, 0.5) is 0 Å². The first-order chi connectivity index (χ1) is 11.6. The molecule has 1 N–H and O–H groups in total. The number of rotatable bonds is 7. The van der Waals surface area contributed by atoms with Crippen molar-refractivity contribution in [3.8, 4) is 0 Å². The molecule has 2 aromatic carbocycles. The minimum atomic E-state index is -0.282. The molecule has 0 heterocycles. The highest BCUT2D eigenvalue weighted by molar-refractivity contribution is 7.98. The first-order valence-electron chi connectivity index (χ1n) is 7.08. The molecular weight excluding hydrogens is 367 g/mol. The van der Waals surface area contributed by atoms with Crippen LogP contribution in [0.3, 0.4) is 0 Å². The predicted molar refractivity (Wildman–Crippen MR) is 100 cm³/mol. The maximum absolute atomic E-state index is 11.7. The van der Waals surface area contributed by atoms with E-state index in [1.165, 1.54) is 4.90 Å². The van der Waals surface area contributed by atoms with E-state index >= 15 is 0 Å². The molecule has 0 aliphatic rings. The van der Waals surface area contributed by atoms with Crippen molar-refractivity contribution in [2.45, 2.75) is 11.4 Å². The summed E-state index contributed by atoms with van der Waals surface area (Å²) in [5.74, 6) is -0.282. The zero-order chi connectivity index (χ0) is 17.4. The second kappa shape index (κ2) is 9.57. The summed E-state index contributed by atoms with van der Waals surface area (Å²) in [5, 5.41) is 7.55. The number of nitrogens with zero attached hydrogens (tertiary/aromatic N) is 1. The molecule has 0 aliphatic heterocycles. The van der Waals surface area contributed by atoms with Crippen molar-refractivity contribution in [3.63, 3.8) is 0 Å². The summed E-state index contributed by atoms with van der Waals surface area (Å²) in [6.45, 7) is 0.142. The van der Waals surface area contributed by atoms with E-state index in [1.54, 1.807) is 36.2 Å². The van der Waals surface area contributed by atoms with Gasteiger partial charge in [-0.2, -0.15) is 0 Å². The highest BCUT2D eigenvalue weighted by Crippen LogP contribution is 2.20. The molecule has 7 heteroatoms. The van der Waals surface area contributed by atoms with Gasteiger partial charge in [-0.3, -0.25) is 4.79 Å². The molecule has 0 aliphatic carbocycles. The topological polar surface area (TPSA) is 50.7 Å². The molecule has 0 atom stereocenters. The summed E-state index contributed by atoms with van der Waals surface area (Å²) in [6, 6.07) is 13.0. The number of halogens is 2. The number of hydrogen-bond acceptors (Lipinski definition) is 4. The monoisotopic (exact) mass is 382 g/mol. The standard InChI is InChI=1S/C17H16Cl2N2O2S/c1-24-15-6-2-12(3-7-15)9-21-23-11-17(22)20-10-13-4-5-14(18)8-16(13)19/h2-9H,10-11H2,1H3,(H,20,22)/b21-9-. The van der Waals surface area contributed by atoms with Crippen molar-refractivity contribution in [1.82, 2.24) is 5.32 Å². The van der Waals surface area contributed by atoms with Gasteiger partial charge in [0.1, 0.15) is 0 Å². The number of benzene rings is 2. The van der Waals surface area contributed by atoms with Gasteiger partial charge in [0, 0.05) is 21.5 Å². The summed E-state index contributed by atoms with van der Waals surface area (Å²) < 4.78 is 0. The average molecular weight is 383 g/mol. The van der Waals surface area contributed by atoms with Crippen molar-refractivity contribution in [3.05, 3.63) is 63.6 Å². The van der Waals surface area contributed by atoms with Crippen LogP contribution in [0.15, 0.2) is 52.5 Å². The minimum absolute atomic E-state index is 0.162. The van der Waals surface area contributed by atoms with E-state index in [0.717, 1.165) is 11.1 Å². The Bertz CT molecular complexity index is 721. The number of carbonyl (C=O) groups excluding carboxylic acids is 1. The molecule has 1 amide bonds. The van der Waals surface area contributed by atoms with Gasteiger partial charge in [0.2, 0.25) is 0 Å². The molecule has 4 nitrogen and oxygen atoms in total. The molecule has 0 unspecified atom stereocenters. The van der Waals surface area contributed by atoms with E-state index in [4.69, 9.17) is 28.0 Å².